The van der Waals surface area contributed by atoms with Crippen LogP contribution >= 0.6 is 23.1 Å². The van der Waals surface area contributed by atoms with Crippen LogP contribution in [0.15, 0.2) is 11.4 Å². The molecular formula is C12H14N2O3S2. The van der Waals surface area contributed by atoms with E-state index < -0.39 is 5.97 Å². The molecule has 0 aliphatic heterocycles. The lowest BCUT2D eigenvalue weighted by molar-refractivity contribution is 0.0701. The lowest BCUT2D eigenvalue weighted by atomic mass is 10.2. The number of aromatic carboxylic acids is 1. The van der Waals surface area contributed by atoms with Gasteiger partial charge in [0.05, 0.1) is 6.10 Å². The third-order valence-electron chi connectivity index (χ3n) is 2.77. The third-order valence-corrected chi connectivity index (χ3v) is 5.09. The quantitative estimate of drug-likeness (QED) is 0.652. The summed E-state index contributed by atoms with van der Waals surface area (Å²) >= 11 is 2.59. The highest BCUT2D eigenvalue weighted by Gasteiger charge is 2.19. The molecule has 0 aromatic carbocycles. The van der Waals surface area contributed by atoms with Crippen molar-refractivity contribution >= 4 is 39.3 Å². The van der Waals surface area contributed by atoms with Crippen molar-refractivity contribution in [2.24, 2.45) is 0 Å². The Morgan fingerprint density at radius 3 is 2.89 bits per heavy atom. The smallest absolute Gasteiger partial charge is 0.346 e. The molecule has 2 rings (SSSR count). The van der Waals surface area contributed by atoms with E-state index in [0.717, 1.165) is 21.7 Å². The fourth-order valence-corrected chi connectivity index (χ4v) is 3.80. The van der Waals surface area contributed by atoms with Gasteiger partial charge in [-0.25, -0.2) is 14.8 Å². The Morgan fingerprint density at radius 2 is 2.26 bits per heavy atom. The second-order valence-electron chi connectivity index (χ2n) is 4.09. The summed E-state index contributed by atoms with van der Waals surface area (Å²) in [7, 11) is 0. The summed E-state index contributed by atoms with van der Waals surface area (Å²) < 4.78 is 0. The van der Waals surface area contributed by atoms with Gasteiger partial charge in [-0.05, 0) is 18.9 Å². The Bertz CT molecular complexity index is 612. The van der Waals surface area contributed by atoms with E-state index in [-0.39, 0.29) is 6.10 Å². The highest BCUT2D eigenvalue weighted by Crippen LogP contribution is 2.35. The maximum absolute atomic E-state index is 11.1. The first-order valence-corrected chi connectivity index (χ1v) is 7.63. The van der Waals surface area contributed by atoms with Gasteiger partial charge in [-0.15, -0.1) is 23.1 Å². The first-order chi connectivity index (χ1) is 9.04. The van der Waals surface area contributed by atoms with E-state index in [1.165, 1.54) is 18.1 Å². The van der Waals surface area contributed by atoms with Gasteiger partial charge in [0.25, 0.3) is 0 Å². The van der Waals surface area contributed by atoms with Gasteiger partial charge in [0.1, 0.15) is 21.1 Å². The predicted molar refractivity (Wildman–Crippen MR) is 76.1 cm³/mol. The van der Waals surface area contributed by atoms with Crippen LogP contribution in [0.25, 0.3) is 10.2 Å². The van der Waals surface area contributed by atoms with Crippen LogP contribution in [0, 0.1) is 6.92 Å². The van der Waals surface area contributed by atoms with E-state index in [9.17, 15) is 9.90 Å². The van der Waals surface area contributed by atoms with E-state index in [1.807, 2.05) is 6.92 Å². The summed E-state index contributed by atoms with van der Waals surface area (Å²) in [6.45, 7) is 3.69. The number of aliphatic hydroxyl groups excluding tert-OH is 1. The summed E-state index contributed by atoms with van der Waals surface area (Å²) in [5.41, 5.74) is 0.696. The van der Waals surface area contributed by atoms with Gasteiger partial charge in [-0.2, -0.15) is 0 Å². The second-order valence-corrected chi connectivity index (χ2v) is 6.10. The fourth-order valence-electron chi connectivity index (χ4n) is 1.65. The Labute approximate surface area is 118 Å². The van der Waals surface area contributed by atoms with Gasteiger partial charge in [-0.3, -0.25) is 0 Å². The molecule has 102 valence electrons. The Kier molecular flexibility index (Phi) is 4.38. The monoisotopic (exact) mass is 298 g/mol. The molecule has 2 N–H and O–H groups in total. The zero-order chi connectivity index (χ0) is 14.0. The molecule has 0 fully saturated rings. The Hall–Kier alpha value is -1.18. The third kappa shape index (κ3) is 2.88. The van der Waals surface area contributed by atoms with E-state index in [1.54, 1.807) is 6.92 Å². The van der Waals surface area contributed by atoms with Crippen molar-refractivity contribution in [3.8, 4) is 0 Å². The summed E-state index contributed by atoms with van der Waals surface area (Å²) in [6, 6.07) is 0. The summed E-state index contributed by atoms with van der Waals surface area (Å²) in [4.78, 5) is 20.4. The van der Waals surface area contributed by atoms with Gasteiger partial charge in [-0.1, -0.05) is 6.92 Å². The van der Waals surface area contributed by atoms with Crippen molar-refractivity contribution in [3.05, 3.63) is 16.8 Å². The second kappa shape index (κ2) is 5.85. The van der Waals surface area contributed by atoms with Crippen LogP contribution in [0.3, 0.4) is 0 Å². The van der Waals surface area contributed by atoms with Gasteiger partial charge < -0.3 is 10.2 Å². The standard InChI is InChI=1S/C12H14N2O3S2/c1-3-7(15)4-18-10-8-6(2)9(12(16)17)19-11(8)14-5-13-10/h5,7,15H,3-4H2,1-2H3,(H,16,17). The Balaban J connectivity index is 2.41. The number of carboxylic acid groups (broad SMARTS) is 1. The number of carboxylic acids is 1. The van der Waals surface area contributed by atoms with Crippen LogP contribution in [0.2, 0.25) is 0 Å². The topological polar surface area (TPSA) is 83.3 Å². The van der Waals surface area contributed by atoms with Gasteiger partial charge in [0.2, 0.25) is 0 Å². The molecule has 0 radical (unpaired) electrons. The molecule has 2 aromatic heterocycles. The van der Waals surface area contributed by atoms with Crippen molar-refractivity contribution in [2.75, 3.05) is 5.75 Å². The largest absolute Gasteiger partial charge is 0.477 e. The zero-order valence-corrected chi connectivity index (χ0v) is 12.2. The maximum atomic E-state index is 11.1. The number of aryl methyl sites for hydroxylation is 1. The molecule has 2 heterocycles. The molecule has 5 nitrogen and oxygen atoms in total. The number of hydrogen-bond acceptors (Lipinski definition) is 6. The number of aromatic nitrogens is 2. The van der Waals surface area contributed by atoms with E-state index in [4.69, 9.17) is 5.11 Å². The van der Waals surface area contributed by atoms with Gasteiger partial charge in [0, 0.05) is 11.1 Å². The lowest BCUT2D eigenvalue weighted by Crippen LogP contribution is -2.07. The average molecular weight is 298 g/mol. The molecule has 0 saturated carbocycles. The summed E-state index contributed by atoms with van der Waals surface area (Å²) in [5.74, 6) is -0.398. The molecule has 0 bridgehead atoms. The van der Waals surface area contributed by atoms with Crippen molar-refractivity contribution in [1.29, 1.82) is 0 Å². The average Bonchev–Trinajstić information content (AvgIpc) is 2.74. The highest BCUT2D eigenvalue weighted by molar-refractivity contribution is 7.99. The molecule has 7 heteroatoms. The first kappa shape index (κ1) is 14.2. The van der Waals surface area contributed by atoms with Crippen LogP contribution in [-0.4, -0.2) is 38.0 Å². The molecule has 0 spiro atoms. The molecule has 2 aromatic rings. The highest BCUT2D eigenvalue weighted by atomic mass is 32.2. The minimum absolute atomic E-state index is 0.299. The molecule has 19 heavy (non-hydrogen) atoms. The van der Waals surface area contributed by atoms with Crippen LogP contribution in [-0.2, 0) is 0 Å². The van der Waals surface area contributed by atoms with Crippen molar-refractivity contribution < 1.29 is 15.0 Å². The minimum Gasteiger partial charge on any atom is -0.477 e. The number of thioether (sulfide) groups is 1. The number of thiophene rings is 1. The predicted octanol–water partition coefficient (Wildman–Crippen LogP) is 2.56. The van der Waals surface area contributed by atoms with E-state index in [2.05, 4.69) is 9.97 Å². The summed E-state index contributed by atoms with van der Waals surface area (Å²) in [6.07, 6.45) is 1.74. The van der Waals surface area contributed by atoms with Crippen LogP contribution in [0.1, 0.15) is 28.6 Å². The molecule has 0 amide bonds. The number of carbonyl (C=O) groups is 1. The van der Waals surface area contributed by atoms with Crippen LogP contribution in [0.5, 0.6) is 0 Å². The maximum Gasteiger partial charge on any atom is 0.346 e. The molecular weight excluding hydrogens is 284 g/mol. The number of rotatable bonds is 5. The molecule has 0 aliphatic carbocycles. The first-order valence-electron chi connectivity index (χ1n) is 5.82. The van der Waals surface area contributed by atoms with E-state index in [0.29, 0.717) is 27.4 Å². The van der Waals surface area contributed by atoms with Gasteiger partial charge in [0.15, 0.2) is 0 Å². The molecule has 1 atom stereocenters. The van der Waals surface area contributed by atoms with Crippen LogP contribution < -0.4 is 0 Å². The van der Waals surface area contributed by atoms with Crippen molar-refractivity contribution in [2.45, 2.75) is 31.4 Å². The van der Waals surface area contributed by atoms with Gasteiger partial charge >= 0.3 is 5.97 Å². The number of fused-ring (bicyclic) bond motifs is 1. The Morgan fingerprint density at radius 1 is 1.53 bits per heavy atom. The number of aliphatic hydroxyl groups is 1. The summed E-state index contributed by atoms with van der Waals surface area (Å²) in [5, 5.41) is 20.3. The normalized spacial score (nSPS) is 12.8. The number of nitrogens with zero attached hydrogens (tertiary/aromatic N) is 2. The van der Waals surface area contributed by atoms with Crippen LogP contribution in [0.4, 0.5) is 0 Å². The SMILES string of the molecule is CCC(O)CSc1ncnc2sc(C(=O)O)c(C)c12. The number of hydrogen-bond donors (Lipinski definition) is 2. The lowest BCUT2D eigenvalue weighted by Gasteiger charge is -2.07. The fraction of sp³-hybridized carbons (Fsp3) is 0.417. The molecule has 0 saturated heterocycles. The van der Waals surface area contributed by atoms with Crippen molar-refractivity contribution in [3.63, 3.8) is 0 Å². The van der Waals surface area contributed by atoms with Crippen molar-refractivity contribution in [1.82, 2.24) is 9.97 Å². The minimum atomic E-state index is -0.940. The zero-order valence-electron chi connectivity index (χ0n) is 10.6. The van der Waals surface area contributed by atoms with E-state index >= 15 is 0 Å². The molecule has 1 unspecified atom stereocenters. The molecule has 0 aliphatic rings.